The average molecular weight is 462 g/mol. The molecule has 1 aromatic rings. The molecule has 0 saturated heterocycles. The second kappa shape index (κ2) is 11.8. The van der Waals surface area contributed by atoms with E-state index in [0.29, 0.717) is 12.0 Å². The molecule has 1 saturated carbocycles. The predicted octanol–water partition coefficient (Wildman–Crippen LogP) is 3.69. The standard InChI is InChI=1S/C19H34N4O.HI/c1-4-20-18(21-14-17-8-12-23(3)15-17)22-16-19(9-6-7-10-19)11-13-24-5-2;/h8,12,15H,4-7,9-11,13-14,16H2,1-3H3,(H2,20,21,22);1H. The maximum absolute atomic E-state index is 5.61. The van der Waals surface area contributed by atoms with E-state index in [1.54, 1.807) is 0 Å². The Morgan fingerprint density at radius 1 is 1.28 bits per heavy atom. The highest BCUT2D eigenvalue weighted by atomic mass is 127. The Hall–Kier alpha value is -0.760. The Bertz CT molecular complexity index is 509. The van der Waals surface area contributed by atoms with Gasteiger partial charge in [-0.3, -0.25) is 0 Å². The van der Waals surface area contributed by atoms with Gasteiger partial charge in [-0.15, -0.1) is 24.0 Å². The fraction of sp³-hybridized carbons (Fsp3) is 0.737. The molecule has 1 aliphatic carbocycles. The van der Waals surface area contributed by atoms with Crippen molar-refractivity contribution in [3.8, 4) is 0 Å². The van der Waals surface area contributed by atoms with Crippen molar-refractivity contribution in [3.05, 3.63) is 24.0 Å². The third kappa shape index (κ3) is 7.56. The van der Waals surface area contributed by atoms with E-state index in [1.807, 2.05) is 7.05 Å². The molecule has 1 aromatic heterocycles. The molecule has 2 rings (SSSR count). The first kappa shape index (κ1) is 22.3. The van der Waals surface area contributed by atoms with Crippen LogP contribution in [0.15, 0.2) is 23.5 Å². The van der Waals surface area contributed by atoms with Crippen molar-refractivity contribution >= 4 is 29.9 Å². The van der Waals surface area contributed by atoms with Gasteiger partial charge in [0, 0.05) is 45.7 Å². The number of aryl methyl sites for hydroxylation is 1. The van der Waals surface area contributed by atoms with Crippen molar-refractivity contribution in [2.75, 3.05) is 26.3 Å². The molecule has 0 aromatic carbocycles. The maximum Gasteiger partial charge on any atom is 0.191 e. The quantitative estimate of drug-likeness (QED) is 0.255. The summed E-state index contributed by atoms with van der Waals surface area (Å²) < 4.78 is 7.67. The molecule has 0 bridgehead atoms. The molecule has 0 aliphatic heterocycles. The minimum Gasteiger partial charge on any atom is -0.382 e. The number of hydrogen-bond acceptors (Lipinski definition) is 2. The van der Waals surface area contributed by atoms with Gasteiger partial charge in [0.2, 0.25) is 0 Å². The summed E-state index contributed by atoms with van der Waals surface area (Å²) in [7, 11) is 2.04. The van der Waals surface area contributed by atoms with Crippen LogP contribution in [0.3, 0.4) is 0 Å². The van der Waals surface area contributed by atoms with Gasteiger partial charge in [-0.2, -0.15) is 0 Å². The van der Waals surface area contributed by atoms with Gasteiger partial charge in [0.1, 0.15) is 0 Å². The molecule has 6 heteroatoms. The summed E-state index contributed by atoms with van der Waals surface area (Å²) in [4.78, 5) is 4.74. The highest BCUT2D eigenvalue weighted by Crippen LogP contribution is 2.40. The van der Waals surface area contributed by atoms with E-state index in [9.17, 15) is 0 Å². The molecule has 2 N–H and O–H groups in total. The molecule has 144 valence electrons. The third-order valence-electron chi connectivity index (χ3n) is 4.93. The van der Waals surface area contributed by atoms with Gasteiger partial charge in [-0.1, -0.05) is 12.8 Å². The second-order valence-corrected chi connectivity index (χ2v) is 6.89. The summed E-state index contributed by atoms with van der Waals surface area (Å²) >= 11 is 0. The van der Waals surface area contributed by atoms with E-state index in [2.05, 4.69) is 47.5 Å². The monoisotopic (exact) mass is 462 g/mol. The molecule has 0 spiro atoms. The van der Waals surface area contributed by atoms with Crippen LogP contribution in [0.1, 0.15) is 51.5 Å². The van der Waals surface area contributed by atoms with Crippen LogP contribution in [-0.4, -0.2) is 36.8 Å². The molecule has 5 nitrogen and oxygen atoms in total. The van der Waals surface area contributed by atoms with Crippen LogP contribution in [0.25, 0.3) is 0 Å². The van der Waals surface area contributed by atoms with Crippen LogP contribution < -0.4 is 10.6 Å². The van der Waals surface area contributed by atoms with E-state index in [0.717, 1.165) is 38.7 Å². The van der Waals surface area contributed by atoms with Gasteiger partial charge in [0.05, 0.1) is 6.54 Å². The van der Waals surface area contributed by atoms with Crippen molar-refractivity contribution in [2.45, 2.75) is 52.5 Å². The van der Waals surface area contributed by atoms with Crippen molar-refractivity contribution in [1.29, 1.82) is 0 Å². The Kier molecular flexibility index (Phi) is 10.5. The Balaban J connectivity index is 0.00000312. The Morgan fingerprint density at radius 2 is 2.04 bits per heavy atom. The number of hydrogen-bond donors (Lipinski definition) is 2. The first-order valence-corrected chi connectivity index (χ1v) is 9.38. The van der Waals surface area contributed by atoms with E-state index in [1.165, 1.54) is 31.2 Å². The summed E-state index contributed by atoms with van der Waals surface area (Å²) in [6.45, 7) is 8.44. The zero-order valence-electron chi connectivity index (χ0n) is 16.0. The highest BCUT2D eigenvalue weighted by Gasteiger charge is 2.33. The van der Waals surface area contributed by atoms with Crippen molar-refractivity contribution in [3.63, 3.8) is 0 Å². The van der Waals surface area contributed by atoms with Gasteiger partial charge in [0.15, 0.2) is 5.96 Å². The number of halogens is 1. The van der Waals surface area contributed by atoms with E-state index in [4.69, 9.17) is 9.73 Å². The van der Waals surface area contributed by atoms with Crippen molar-refractivity contribution in [2.24, 2.45) is 17.5 Å². The topological polar surface area (TPSA) is 50.6 Å². The molecular formula is C19H35IN4O. The van der Waals surface area contributed by atoms with Crippen LogP contribution in [0, 0.1) is 5.41 Å². The summed E-state index contributed by atoms with van der Waals surface area (Å²) in [5.74, 6) is 0.920. The van der Waals surface area contributed by atoms with Crippen LogP contribution in [-0.2, 0) is 18.3 Å². The summed E-state index contributed by atoms with van der Waals surface area (Å²) in [6, 6.07) is 2.12. The lowest BCUT2D eigenvalue weighted by Crippen LogP contribution is -2.43. The minimum atomic E-state index is 0. The molecule has 1 heterocycles. The lowest BCUT2D eigenvalue weighted by Gasteiger charge is -2.30. The smallest absolute Gasteiger partial charge is 0.191 e. The van der Waals surface area contributed by atoms with Crippen molar-refractivity contribution in [1.82, 2.24) is 15.2 Å². The summed E-state index contributed by atoms with van der Waals surface area (Å²) in [5, 5.41) is 6.95. The lowest BCUT2D eigenvalue weighted by molar-refractivity contribution is 0.105. The number of aliphatic imine (C=N–C) groups is 1. The summed E-state index contributed by atoms with van der Waals surface area (Å²) in [6.07, 6.45) is 10.6. The van der Waals surface area contributed by atoms with Gasteiger partial charge in [-0.25, -0.2) is 4.99 Å². The predicted molar refractivity (Wildman–Crippen MR) is 116 cm³/mol. The number of rotatable bonds is 9. The Labute approximate surface area is 170 Å². The van der Waals surface area contributed by atoms with Gasteiger partial charge < -0.3 is 19.9 Å². The number of nitrogens with one attached hydrogen (secondary N) is 2. The molecule has 0 radical (unpaired) electrons. The van der Waals surface area contributed by atoms with E-state index in [-0.39, 0.29) is 24.0 Å². The first-order valence-electron chi connectivity index (χ1n) is 9.38. The van der Waals surface area contributed by atoms with Crippen molar-refractivity contribution < 1.29 is 4.74 Å². The molecule has 0 atom stereocenters. The fourth-order valence-corrected chi connectivity index (χ4v) is 3.51. The lowest BCUT2D eigenvalue weighted by atomic mass is 9.83. The van der Waals surface area contributed by atoms with E-state index >= 15 is 0 Å². The van der Waals surface area contributed by atoms with E-state index < -0.39 is 0 Å². The van der Waals surface area contributed by atoms with Crippen LogP contribution >= 0.6 is 24.0 Å². The number of guanidine groups is 1. The van der Waals surface area contributed by atoms with Gasteiger partial charge >= 0.3 is 0 Å². The molecule has 1 fully saturated rings. The molecule has 1 aliphatic rings. The van der Waals surface area contributed by atoms with Gasteiger partial charge in [-0.05, 0) is 50.2 Å². The highest BCUT2D eigenvalue weighted by molar-refractivity contribution is 14.0. The largest absolute Gasteiger partial charge is 0.382 e. The molecular weight excluding hydrogens is 427 g/mol. The van der Waals surface area contributed by atoms with Gasteiger partial charge in [0.25, 0.3) is 0 Å². The zero-order chi connectivity index (χ0) is 17.3. The molecule has 0 unspecified atom stereocenters. The zero-order valence-corrected chi connectivity index (χ0v) is 18.3. The number of aromatic nitrogens is 1. The first-order chi connectivity index (χ1) is 11.7. The minimum absolute atomic E-state index is 0. The number of ether oxygens (including phenoxy) is 1. The normalized spacial score (nSPS) is 16.5. The SMILES string of the molecule is CCNC(=NCc1ccn(C)c1)NCC1(CCOCC)CCCC1.I. The third-order valence-corrected chi connectivity index (χ3v) is 4.93. The number of nitrogens with zero attached hydrogens (tertiary/aromatic N) is 2. The maximum atomic E-state index is 5.61. The molecule has 0 amide bonds. The fourth-order valence-electron chi connectivity index (χ4n) is 3.51. The molecule has 25 heavy (non-hydrogen) atoms. The van der Waals surface area contributed by atoms with Crippen LogP contribution in [0.2, 0.25) is 0 Å². The van der Waals surface area contributed by atoms with Crippen LogP contribution in [0.4, 0.5) is 0 Å². The summed E-state index contributed by atoms with van der Waals surface area (Å²) in [5.41, 5.74) is 1.61. The average Bonchev–Trinajstić information content (AvgIpc) is 3.20. The second-order valence-electron chi connectivity index (χ2n) is 6.89. The Morgan fingerprint density at radius 3 is 2.64 bits per heavy atom. The van der Waals surface area contributed by atoms with Crippen LogP contribution in [0.5, 0.6) is 0 Å².